The number of ether oxygens (including phenoxy) is 1. The van der Waals surface area contributed by atoms with E-state index in [4.69, 9.17) is 4.74 Å². The highest BCUT2D eigenvalue weighted by molar-refractivity contribution is 5.88. The third-order valence-electron chi connectivity index (χ3n) is 7.00. The lowest BCUT2D eigenvalue weighted by molar-refractivity contribution is -0.140. The van der Waals surface area contributed by atoms with Crippen LogP contribution in [0.5, 0.6) is 5.75 Å². The molecule has 1 aliphatic carbocycles. The first-order chi connectivity index (χ1) is 18.1. The Kier molecular flexibility index (Phi) is 8.65. The molecule has 1 fully saturated rings. The smallest absolute Gasteiger partial charge is 0.425 e. The van der Waals surface area contributed by atoms with Crippen LogP contribution in [-0.2, 0) is 4.79 Å². The molecule has 0 radical (unpaired) electrons. The Morgan fingerprint density at radius 3 is 2.47 bits per heavy atom. The first kappa shape index (κ1) is 27.6. The maximum Gasteiger partial charge on any atom is 0.458 e. The van der Waals surface area contributed by atoms with Gasteiger partial charge in [-0.15, -0.1) is 0 Å². The lowest BCUT2D eigenvalue weighted by atomic mass is 9.80. The van der Waals surface area contributed by atoms with E-state index >= 15 is 0 Å². The van der Waals surface area contributed by atoms with Crippen LogP contribution in [0.1, 0.15) is 63.9 Å². The van der Waals surface area contributed by atoms with Crippen molar-refractivity contribution in [3.8, 4) is 28.8 Å². The average Bonchev–Trinajstić information content (AvgIpc) is 2.88. The summed E-state index contributed by atoms with van der Waals surface area (Å²) in [6, 6.07) is 8.53. The van der Waals surface area contributed by atoms with Crippen molar-refractivity contribution < 1.29 is 31.5 Å². The number of aromatic nitrogens is 1. The minimum Gasteiger partial charge on any atom is -0.425 e. The number of fused-ring (bicyclic) bond motifs is 1. The van der Waals surface area contributed by atoms with E-state index in [0.29, 0.717) is 22.9 Å². The number of esters is 1. The Morgan fingerprint density at radius 2 is 1.82 bits per heavy atom. The van der Waals surface area contributed by atoms with Crippen molar-refractivity contribution in [3.63, 3.8) is 0 Å². The van der Waals surface area contributed by atoms with Crippen molar-refractivity contribution >= 4 is 16.7 Å². The second-order valence-electron chi connectivity index (χ2n) is 9.74. The fraction of sp³-hybridized carbons (Fsp3) is 0.400. The molecule has 3 aromatic rings. The van der Waals surface area contributed by atoms with Crippen molar-refractivity contribution in [2.45, 2.75) is 64.5 Å². The second-order valence-corrected chi connectivity index (χ2v) is 9.74. The number of carbonyl (C=O) groups is 1. The molecule has 1 aromatic heterocycles. The molecule has 200 valence electrons. The van der Waals surface area contributed by atoms with Gasteiger partial charge in [0.1, 0.15) is 17.4 Å². The van der Waals surface area contributed by atoms with Gasteiger partial charge in [0, 0.05) is 16.9 Å². The number of alkyl halides is 3. The molecule has 1 saturated carbocycles. The Balaban J connectivity index is 1.42. The van der Waals surface area contributed by atoms with Crippen LogP contribution in [0.15, 0.2) is 42.6 Å². The summed E-state index contributed by atoms with van der Waals surface area (Å²) in [5, 5.41) is 0.0879. The highest BCUT2D eigenvalue weighted by atomic mass is 19.4. The quantitative estimate of drug-likeness (QED) is 0.134. The molecule has 2 aromatic carbocycles. The first-order valence-electron chi connectivity index (χ1n) is 12.8. The SMILES string of the molecule is CCCCCC1CCC(C(=O)Oc2ccc(-c3ccc4c(F)c(C#CC(F)(F)F)c(F)cc4c3)nc2)CC1. The Labute approximate surface area is 218 Å². The zero-order chi connectivity index (χ0) is 27.3. The van der Waals surface area contributed by atoms with E-state index in [2.05, 4.69) is 11.9 Å². The van der Waals surface area contributed by atoms with E-state index in [1.165, 1.54) is 56.0 Å². The fourth-order valence-corrected chi connectivity index (χ4v) is 4.92. The molecular weight excluding hydrogens is 501 g/mol. The molecule has 0 aliphatic heterocycles. The van der Waals surface area contributed by atoms with Crippen molar-refractivity contribution in [1.29, 1.82) is 0 Å². The number of rotatable bonds is 7. The van der Waals surface area contributed by atoms with E-state index in [-0.39, 0.29) is 22.7 Å². The predicted octanol–water partition coefficient (Wildman–Crippen LogP) is 8.39. The molecule has 8 heteroatoms. The lowest BCUT2D eigenvalue weighted by Crippen LogP contribution is -2.25. The number of halogens is 5. The molecule has 4 rings (SSSR count). The van der Waals surface area contributed by atoms with E-state index < -0.39 is 23.4 Å². The zero-order valence-corrected chi connectivity index (χ0v) is 21.0. The van der Waals surface area contributed by atoms with Crippen molar-refractivity contribution in [2.75, 3.05) is 0 Å². The van der Waals surface area contributed by atoms with Crippen LogP contribution in [0.3, 0.4) is 0 Å². The third-order valence-corrected chi connectivity index (χ3v) is 7.00. The Hall–Kier alpha value is -3.47. The summed E-state index contributed by atoms with van der Waals surface area (Å²) >= 11 is 0. The molecule has 0 unspecified atom stereocenters. The van der Waals surface area contributed by atoms with Gasteiger partial charge in [0.2, 0.25) is 0 Å². The number of hydrogen-bond donors (Lipinski definition) is 0. The molecule has 0 atom stereocenters. The summed E-state index contributed by atoms with van der Waals surface area (Å²) in [6.45, 7) is 2.19. The molecule has 1 heterocycles. The predicted molar refractivity (Wildman–Crippen MR) is 135 cm³/mol. The normalized spacial score (nSPS) is 17.6. The van der Waals surface area contributed by atoms with Gasteiger partial charge in [-0.25, -0.2) is 8.78 Å². The molecule has 0 spiro atoms. The van der Waals surface area contributed by atoms with Gasteiger partial charge < -0.3 is 4.74 Å². The lowest BCUT2D eigenvalue weighted by Gasteiger charge is -2.27. The van der Waals surface area contributed by atoms with Crippen LogP contribution in [0.2, 0.25) is 0 Å². The monoisotopic (exact) mass is 529 g/mol. The van der Waals surface area contributed by atoms with Crippen LogP contribution >= 0.6 is 0 Å². The summed E-state index contributed by atoms with van der Waals surface area (Å²) < 4.78 is 71.6. The number of benzene rings is 2. The van der Waals surface area contributed by atoms with Gasteiger partial charge in [-0.3, -0.25) is 9.78 Å². The Morgan fingerprint density at radius 1 is 1.05 bits per heavy atom. The highest BCUT2D eigenvalue weighted by Gasteiger charge is 2.28. The molecule has 1 aliphatic rings. The second kappa shape index (κ2) is 11.9. The number of carbonyl (C=O) groups excluding carboxylic acids is 1. The summed E-state index contributed by atoms with van der Waals surface area (Å²) in [6.07, 6.45) is 5.22. The van der Waals surface area contributed by atoms with Crippen LogP contribution in [0.25, 0.3) is 22.0 Å². The minimum atomic E-state index is -4.86. The molecule has 38 heavy (non-hydrogen) atoms. The molecule has 0 amide bonds. The summed E-state index contributed by atoms with van der Waals surface area (Å²) in [5.41, 5.74) is 0.0718. The molecule has 3 nitrogen and oxygen atoms in total. The first-order valence-corrected chi connectivity index (χ1v) is 12.8. The third kappa shape index (κ3) is 6.89. The largest absolute Gasteiger partial charge is 0.458 e. The maximum atomic E-state index is 14.7. The topological polar surface area (TPSA) is 39.2 Å². The van der Waals surface area contributed by atoms with Gasteiger partial charge in [-0.05, 0) is 61.3 Å². The summed E-state index contributed by atoms with van der Waals surface area (Å²) in [4.78, 5) is 17.0. The zero-order valence-electron chi connectivity index (χ0n) is 21.0. The summed E-state index contributed by atoms with van der Waals surface area (Å²) in [7, 11) is 0. The fourth-order valence-electron chi connectivity index (χ4n) is 4.92. The van der Waals surface area contributed by atoms with E-state index in [1.54, 1.807) is 12.1 Å². The van der Waals surface area contributed by atoms with Gasteiger partial charge in [-0.1, -0.05) is 50.7 Å². The highest BCUT2D eigenvalue weighted by Crippen LogP contribution is 2.33. The number of nitrogens with zero attached hydrogens (tertiary/aromatic N) is 1. The van der Waals surface area contributed by atoms with Gasteiger partial charge in [-0.2, -0.15) is 13.2 Å². The number of unbranched alkanes of at least 4 members (excludes halogenated alkanes) is 2. The maximum absolute atomic E-state index is 14.7. The van der Waals surface area contributed by atoms with Crippen LogP contribution < -0.4 is 4.74 Å². The standard InChI is InChI=1S/C30H28F5NO2/c1-2-3-4-5-19-6-8-20(9-7-19)29(37)38-23-11-13-27(36-18-23)21-10-12-24-22(16-21)17-26(31)25(28(24)32)14-15-30(33,34)35/h10-13,16-20H,2-9H2,1H3. The van der Waals surface area contributed by atoms with Gasteiger partial charge in [0.15, 0.2) is 0 Å². The van der Waals surface area contributed by atoms with Crippen LogP contribution in [-0.4, -0.2) is 17.1 Å². The molecule has 0 bridgehead atoms. The van der Waals surface area contributed by atoms with Crippen molar-refractivity contribution in [2.24, 2.45) is 11.8 Å². The van der Waals surface area contributed by atoms with E-state index in [9.17, 15) is 26.7 Å². The van der Waals surface area contributed by atoms with Gasteiger partial charge >= 0.3 is 12.1 Å². The average molecular weight is 530 g/mol. The Bertz CT molecular complexity index is 1350. The number of hydrogen-bond acceptors (Lipinski definition) is 3. The van der Waals surface area contributed by atoms with Gasteiger partial charge in [0.05, 0.1) is 23.4 Å². The number of pyridine rings is 1. The van der Waals surface area contributed by atoms with Crippen molar-refractivity contribution in [1.82, 2.24) is 4.98 Å². The minimum absolute atomic E-state index is 0.0627. The van der Waals surface area contributed by atoms with Crippen LogP contribution in [0, 0.1) is 35.3 Å². The van der Waals surface area contributed by atoms with E-state index in [1.807, 2.05) is 0 Å². The van der Waals surface area contributed by atoms with Crippen molar-refractivity contribution in [3.05, 3.63) is 59.8 Å². The van der Waals surface area contributed by atoms with Crippen LogP contribution in [0.4, 0.5) is 22.0 Å². The summed E-state index contributed by atoms with van der Waals surface area (Å²) in [5.74, 6) is 0.720. The molecule has 0 N–H and O–H groups in total. The van der Waals surface area contributed by atoms with Gasteiger partial charge in [0.25, 0.3) is 0 Å². The molecule has 0 saturated heterocycles. The molecular formula is C30H28F5NO2. The van der Waals surface area contributed by atoms with E-state index in [0.717, 1.165) is 37.7 Å².